The summed E-state index contributed by atoms with van der Waals surface area (Å²) in [6.07, 6.45) is 0. The lowest BCUT2D eigenvalue weighted by Crippen LogP contribution is -2.20. The Labute approximate surface area is 291 Å². The molecule has 0 fully saturated rings. The maximum atomic E-state index is 6.73. The molecule has 2 nitrogen and oxygen atoms in total. The van der Waals surface area contributed by atoms with Gasteiger partial charge in [-0.25, -0.2) is 0 Å². The van der Waals surface area contributed by atoms with Crippen LogP contribution in [-0.4, -0.2) is 0 Å². The van der Waals surface area contributed by atoms with Gasteiger partial charge in [-0.3, -0.25) is 0 Å². The molecule has 0 unspecified atom stereocenters. The standard InChI is InChI=1S/C45H29NOS2/c1-45(2)34-15-7-3-13-30(34)43-42-31-14-4-8-16-36(31)47-37(42)25-35(44(43)45)46(26-19-21-40-32(23-26)28-11-5-9-17-38(28)48-40)27-20-22-41-33(24-27)29-12-6-10-18-39(29)49-41/h3-25H,1-2H3. The molecule has 7 aromatic carbocycles. The van der Waals surface area contributed by atoms with Crippen LogP contribution >= 0.6 is 22.7 Å². The third-order valence-electron chi connectivity index (χ3n) is 10.6. The first kappa shape index (κ1) is 27.5. The number of benzene rings is 7. The second-order valence-electron chi connectivity index (χ2n) is 13.7. The fraction of sp³-hybridized carbons (Fsp3) is 0.0667. The van der Waals surface area contributed by atoms with Crippen LogP contribution in [0.25, 0.3) is 73.4 Å². The molecule has 0 N–H and O–H groups in total. The minimum Gasteiger partial charge on any atom is -0.456 e. The molecule has 0 saturated heterocycles. The van der Waals surface area contributed by atoms with Crippen LogP contribution in [0.5, 0.6) is 0 Å². The second-order valence-corrected chi connectivity index (χ2v) is 15.8. The van der Waals surface area contributed by atoms with Gasteiger partial charge >= 0.3 is 0 Å². The molecule has 11 rings (SSSR count). The van der Waals surface area contributed by atoms with Crippen LogP contribution in [0.15, 0.2) is 144 Å². The van der Waals surface area contributed by atoms with E-state index in [1.165, 1.54) is 68.0 Å². The summed E-state index contributed by atoms with van der Waals surface area (Å²) in [4.78, 5) is 2.50. The molecule has 1 aliphatic rings. The van der Waals surface area contributed by atoms with Crippen molar-refractivity contribution in [3.05, 3.63) is 151 Å². The Bertz CT molecular complexity index is 2880. The summed E-state index contributed by atoms with van der Waals surface area (Å²) in [7, 11) is 0. The molecule has 49 heavy (non-hydrogen) atoms. The molecular weight excluding hydrogens is 635 g/mol. The van der Waals surface area contributed by atoms with Crippen LogP contribution in [0, 0.1) is 0 Å². The number of rotatable bonds is 3. The van der Waals surface area contributed by atoms with E-state index in [0.29, 0.717) is 0 Å². The highest BCUT2D eigenvalue weighted by Crippen LogP contribution is 2.58. The van der Waals surface area contributed by atoms with E-state index in [0.717, 1.165) is 33.6 Å². The van der Waals surface area contributed by atoms with E-state index < -0.39 is 0 Å². The summed E-state index contributed by atoms with van der Waals surface area (Å²) >= 11 is 3.72. The maximum Gasteiger partial charge on any atom is 0.138 e. The van der Waals surface area contributed by atoms with Crippen LogP contribution in [0.4, 0.5) is 17.1 Å². The molecule has 0 bridgehead atoms. The molecule has 3 heterocycles. The molecule has 1 aliphatic carbocycles. The SMILES string of the molecule is CC1(C)c2ccccc2-c2c1c(N(c1ccc3sc4ccccc4c3c1)c1ccc3sc4ccccc4c3c1)cc1oc3ccccc3c21. The summed E-state index contributed by atoms with van der Waals surface area (Å²) in [5.41, 5.74) is 10.3. The van der Waals surface area contributed by atoms with Gasteiger partial charge in [0.1, 0.15) is 11.2 Å². The molecule has 10 aromatic rings. The van der Waals surface area contributed by atoms with Gasteiger partial charge in [0, 0.05) is 74.0 Å². The van der Waals surface area contributed by atoms with Gasteiger partial charge in [-0.15, -0.1) is 22.7 Å². The monoisotopic (exact) mass is 663 g/mol. The first-order chi connectivity index (χ1) is 24.0. The van der Waals surface area contributed by atoms with Crippen molar-refractivity contribution in [2.75, 3.05) is 4.90 Å². The minimum absolute atomic E-state index is 0.246. The van der Waals surface area contributed by atoms with E-state index in [2.05, 4.69) is 158 Å². The number of furan rings is 1. The Kier molecular flexibility index (Phi) is 5.52. The van der Waals surface area contributed by atoms with Gasteiger partial charge < -0.3 is 9.32 Å². The van der Waals surface area contributed by atoms with Crippen LogP contribution in [-0.2, 0) is 5.41 Å². The van der Waals surface area contributed by atoms with Crippen molar-refractivity contribution < 1.29 is 4.42 Å². The molecule has 232 valence electrons. The van der Waals surface area contributed by atoms with Crippen molar-refractivity contribution in [3.63, 3.8) is 0 Å². The average molecular weight is 664 g/mol. The van der Waals surface area contributed by atoms with Crippen LogP contribution in [0.2, 0.25) is 0 Å². The summed E-state index contributed by atoms with van der Waals surface area (Å²) in [6, 6.07) is 51.3. The fourth-order valence-electron chi connectivity index (χ4n) is 8.47. The van der Waals surface area contributed by atoms with Crippen molar-refractivity contribution in [3.8, 4) is 11.1 Å². The third kappa shape index (κ3) is 3.76. The van der Waals surface area contributed by atoms with Gasteiger partial charge in [-0.2, -0.15) is 0 Å². The minimum atomic E-state index is -0.246. The van der Waals surface area contributed by atoms with E-state index in [9.17, 15) is 0 Å². The zero-order chi connectivity index (χ0) is 32.4. The van der Waals surface area contributed by atoms with Crippen molar-refractivity contribution in [1.29, 1.82) is 0 Å². The van der Waals surface area contributed by atoms with Crippen molar-refractivity contribution in [2.24, 2.45) is 0 Å². The van der Waals surface area contributed by atoms with Crippen LogP contribution in [0.3, 0.4) is 0 Å². The highest BCUT2D eigenvalue weighted by molar-refractivity contribution is 7.26. The quantitative estimate of drug-likeness (QED) is 0.187. The van der Waals surface area contributed by atoms with Gasteiger partial charge in [-0.1, -0.05) is 92.7 Å². The highest BCUT2D eigenvalue weighted by atomic mass is 32.1. The van der Waals surface area contributed by atoms with Gasteiger partial charge in [0.25, 0.3) is 0 Å². The lowest BCUT2D eigenvalue weighted by Gasteiger charge is -2.32. The Morgan fingerprint density at radius 2 is 1.06 bits per heavy atom. The second kappa shape index (κ2) is 9.82. The van der Waals surface area contributed by atoms with Crippen molar-refractivity contribution >= 4 is 102 Å². The Balaban J connectivity index is 1.28. The maximum absolute atomic E-state index is 6.73. The topological polar surface area (TPSA) is 16.4 Å². The first-order valence-corrected chi connectivity index (χ1v) is 18.4. The number of fused-ring (bicyclic) bond motifs is 13. The van der Waals surface area contributed by atoms with Gasteiger partial charge in [0.15, 0.2) is 0 Å². The van der Waals surface area contributed by atoms with E-state index in [1.54, 1.807) is 0 Å². The van der Waals surface area contributed by atoms with Gasteiger partial charge in [-0.05, 0) is 76.9 Å². The number of thiophene rings is 2. The predicted molar refractivity (Wildman–Crippen MR) is 212 cm³/mol. The number of hydrogen-bond donors (Lipinski definition) is 0. The zero-order valence-corrected chi connectivity index (χ0v) is 28.6. The van der Waals surface area contributed by atoms with E-state index in [4.69, 9.17) is 4.42 Å². The summed E-state index contributed by atoms with van der Waals surface area (Å²) < 4.78 is 12.0. The lowest BCUT2D eigenvalue weighted by atomic mass is 9.80. The Hall–Kier alpha value is -5.42. The molecule has 3 aromatic heterocycles. The predicted octanol–water partition coefficient (Wildman–Crippen LogP) is 14.1. The van der Waals surface area contributed by atoms with Crippen LogP contribution in [0.1, 0.15) is 25.0 Å². The van der Waals surface area contributed by atoms with Gasteiger partial charge in [0.2, 0.25) is 0 Å². The first-order valence-electron chi connectivity index (χ1n) is 16.8. The Morgan fingerprint density at radius 1 is 0.510 bits per heavy atom. The molecule has 0 spiro atoms. The zero-order valence-electron chi connectivity index (χ0n) is 27.0. The van der Waals surface area contributed by atoms with E-state index in [1.807, 2.05) is 22.7 Å². The highest BCUT2D eigenvalue weighted by Gasteiger charge is 2.41. The molecule has 0 atom stereocenters. The van der Waals surface area contributed by atoms with Crippen molar-refractivity contribution in [1.82, 2.24) is 0 Å². The summed E-state index contributed by atoms with van der Waals surface area (Å²) in [5.74, 6) is 0. The Morgan fingerprint density at radius 3 is 1.73 bits per heavy atom. The molecule has 0 saturated carbocycles. The third-order valence-corrected chi connectivity index (χ3v) is 12.9. The smallest absolute Gasteiger partial charge is 0.138 e. The van der Waals surface area contributed by atoms with Crippen LogP contribution < -0.4 is 4.90 Å². The lowest BCUT2D eigenvalue weighted by molar-refractivity contribution is 0.657. The number of para-hydroxylation sites is 1. The van der Waals surface area contributed by atoms with Gasteiger partial charge in [0.05, 0.1) is 5.69 Å². The fourth-order valence-corrected chi connectivity index (χ4v) is 10.6. The largest absolute Gasteiger partial charge is 0.456 e. The number of nitrogens with zero attached hydrogens (tertiary/aromatic N) is 1. The molecule has 4 heteroatoms. The number of anilines is 3. The average Bonchev–Trinajstić information content (AvgIpc) is 3.86. The van der Waals surface area contributed by atoms with E-state index in [-0.39, 0.29) is 5.41 Å². The summed E-state index contributed by atoms with van der Waals surface area (Å²) in [5, 5.41) is 7.54. The molecule has 0 aliphatic heterocycles. The molecule has 0 amide bonds. The molecule has 0 radical (unpaired) electrons. The number of hydrogen-bond acceptors (Lipinski definition) is 4. The summed E-state index contributed by atoms with van der Waals surface area (Å²) in [6.45, 7) is 4.78. The van der Waals surface area contributed by atoms with Crippen molar-refractivity contribution in [2.45, 2.75) is 19.3 Å². The normalized spacial score (nSPS) is 13.7. The van der Waals surface area contributed by atoms with E-state index >= 15 is 0 Å². The molecular formula is C45H29NOS2.